The number of aromatic hydroxyl groups is 1. The Morgan fingerprint density at radius 1 is 1.19 bits per heavy atom. The number of ether oxygens (including phenoxy) is 3. The summed E-state index contributed by atoms with van der Waals surface area (Å²) in [4.78, 5) is 37.6. The molecule has 0 unspecified atom stereocenters. The molecule has 2 aromatic rings. The van der Waals surface area contributed by atoms with Crippen molar-refractivity contribution < 1.29 is 33.7 Å². The molecule has 3 heterocycles. The summed E-state index contributed by atoms with van der Waals surface area (Å²) in [6, 6.07) is 8.71. The van der Waals surface area contributed by atoms with Gasteiger partial charge in [0.05, 0.1) is 12.2 Å². The van der Waals surface area contributed by atoms with Crippen LogP contribution in [0.1, 0.15) is 53.4 Å². The fourth-order valence-electron chi connectivity index (χ4n) is 4.57. The third kappa shape index (κ3) is 7.05. The number of carbonyl (C=O) groups excluding carboxylic acids is 3. The maximum atomic E-state index is 13.0. The number of phenols is 1. The van der Waals surface area contributed by atoms with Crippen molar-refractivity contribution in [2.45, 2.75) is 63.4 Å². The molecule has 4 rings (SSSR count). The zero-order valence-electron chi connectivity index (χ0n) is 19.9. The monoisotopic (exact) mass is 511 g/mol. The van der Waals surface area contributed by atoms with E-state index in [1.165, 1.54) is 36.6 Å². The molecule has 2 N–H and O–H groups in total. The standard InChI is InChI=1S/C27H29NO7S/c1-17(29)33-21-15-20-13-18-5-2-8-24(30)26(18)27(32)35-19(14-22(16-21)34-20)6-3-11-28-25(31)10-9-23-7-4-12-36-23/h2-5,7-12,19-22,30H,6,13-16H2,1H3,(H,28,31)/b10-9+,11-3+/t19-,20-,21+,22-/m0/s1. The van der Waals surface area contributed by atoms with Gasteiger partial charge in [-0.1, -0.05) is 24.3 Å². The molecule has 8 nitrogen and oxygen atoms in total. The van der Waals surface area contributed by atoms with Crippen LogP contribution in [0.2, 0.25) is 0 Å². The van der Waals surface area contributed by atoms with Crippen molar-refractivity contribution in [2.24, 2.45) is 0 Å². The number of hydrogen-bond donors (Lipinski definition) is 2. The molecule has 1 saturated heterocycles. The van der Waals surface area contributed by atoms with E-state index in [1.54, 1.807) is 24.3 Å². The fourth-order valence-corrected chi connectivity index (χ4v) is 5.18. The third-order valence-corrected chi connectivity index (χ3v) is 6.87. The second kappa shape index (κ2) is 12.0. The molecule has 2 bridgehead atoms. The Kier molecular flexibility index (Phi) is 8.56. The highest BCUT2D eigenvalue weighted by Crippen LogP contribution is 2.33. The van der Waals surface area contributed by atoms with Crippen molar-refractivity contribution in [1.29, 1.82) is 0 Å². The van der Waals surface area contributed by atoms with Gasteiger partial charge in [-0.3, -0.25) is 9.59 Å². The lowest BCUT2D eigenvalue weighted by atomic mass is 9.91. The van der Waals surface area contributed by atoms with Gasteiger partial charge < -0.3 is 24.6 Å². The summed E-state index contributed by atoms with van der Waals surface area (Å²) in [6.07, 6.45) is 7.12. The van der Waals surface area contributed by atoms with Crippen LogP contribution in [-0.4, -0.2) is 47.4 Å². The largest absolute Gasteiger partial charge is 0.507 e. The summed E-state index contributed by atoms with van der Waals surface area (Å²) < 4.78 is 17.6. The molecule has 0 spiro atoms. The predicted octanol–water partition coefficient (Wildman–Crippen LogP) is 4.14. The van der Waals surface area contributed by atoms with Crippen LogP contribution in [0.3, 0.4) is 0 Å². The quantitative estimate of drug-likeness (QED) is 0.443. The van der Waals surface area contributed by atoms with E-state index in [1.807, 2.05) is 17.5 Å². The number of hydrogen-bond acceptors (Lipinski definition) is 8. The van der Waals surface area contributed by atoms with Gasteiger partial charge in [0.1, 0.15) is 23.5 Å². The third-order valence-electron chi connectivity index (χ3n) is 6.03. The van der Waals surface area contributed by atoms with Gasteiger partial charge in [-0.25, -0.2) is 4.79 Å². The lowest BCUT2D eigenvalue weighted by Crippen LogP contribution is -2.41. The van der Waals surface area contributed by atoms with E-state index in [9.17, 15) is 19.5 Å². The number of thiophene rings is 1. The van der Waals surface area contributed by atoms with Crippen LogP contribution >= 0.6 is 11.3 Å². The highest BCUT2D eigenvalue weighted by atomic mass is 32.1. The Morgan fingerprint density at radius 3 is 2.81 bits per heavy atom. The van der Waals surface area contributed by atoms with Crippen LogP contribution in [0.25, 0.3) is 6.08 Å². The number of amides is 1. The lowest BCUT2D eigenvalue weighted by Gasteiger charge is -2.37. The average Bonchev–Trinajstić information content (AvgIpc) is 3.33. The average molecular weight is 512 g/mol. The zero-order valence-corrected chi connectivity index (χ0v) is 20.7. The molecule has 0 saturated carbocycles. The summed E-state index contributed by atoms with van der Waals surface area (Å²) in [7, 11) is 0. The topological polar surface area (TPSA) is 111 Å². The molecule has 2 aliphatic heterocycles. The molecular formula is C27H29NO7S. The smallest absolute Gasteiger partial charge is 0.342 e. The second-order valence-electron chi connectivity index (χ2n) is 8.86. The molecule has 1 aromatic carbocycles. The van der Waals surface area contributed by atoms with Gasteiger partial charge in [-0.15, -0.1) is 11.3 Å². The van der Waals surface area contributed by atoms with E-state index < -0.39 is 12.1 Å². The number of rotatable bonds is 6. The van der Waals surface area contributed by atoms with Gasteiger partial charge >= 0.3 is 11.9 Å². The highest BCUT2D eigenvalue weighted by molar-refractivity contribution is 7.10. The second-order valence-corrected chi connectivity index (χ2v) is 9.84. The minimum atomic E-state index is -0.596. The van der Waals surface area contributed by atoms with Crippen LogP contribution in [0.5, 0.6) is 5.75 Å². The van der Waals surface area contributed by atoms with Crippen molar-refractivity contribution in [3.05, 3.63) is 70.1 Å². The van der Waals surface area contributed by atoms with Gasteiger partial charge in [0.2, 0.25) is 5.91 Å². The van der Waals surface area contributed by atoms with Crippen molar-refractivity contribution in [1.82, 2.24) is 5.32 Å². The molecule has 190 valence electrons. The molecule has 1 aromatic heterocycles. The minimum absolute atomic E-state index is 0.121. The molecule has 1 fully saturated rings. The zero-order chi connectivity index (χ0) is 25.5. The number of phenolic OH excluding ortho intramolecular Hbond substituents is 1. The van der Waals surface area contributed by atoms with Crippen molar-refractivity contribution in [3.63, 3.8) is 0 Å². The number of esters is 2. The maximum Gasteiger partial charge on any atom is 0.342 e. The highest BCUT2D eigenvalue weighted by Gasteiger charge is 2.36. The number of cyclic esters (lactones) is 1. The van der Waals surface area contributed by atoms with Gasteiger partial charge in [0.25, 0.3) is 0 Å². The lowest BCUT2D eigenvalue weighted by molar-refractivity contribution is -0.161. The van der Waals surface area contributed by atoms with Gasteiger partial charge in [-0.05, 0) is 35.6 Å². The van der Waals surface area contributed by atoms with Crippen LogP contribution in [0.4, 0.5) is 0 Å². The Hall–Kier alpha value is -3.43. The van der Waals surface area contributed by atoms with Crippen molar-refractivity contribution in [3.8, 4) is 5.75 Å². The summed E-state index contributed by atoms with van der Waals surface area (Å²) in [5.74, 6) is -1.37. The first kappa shape index (κ1) is 25.7. The SMILES string of the molecule is CC(=O)O[C@H]1C[C@@H]2C[C@H](C/C=C/NC(=O)/C=C/c3cccs3)OC(=O)c3c(O)cccc3C[C@@H](C1)O2. The Bertz CT molecular complexity index is 1140. The molecule has 4 atom stereocenters. The molecule has 2 aliphatic rings. The first-order valence-corrected chi connectivity index (χ1v) is 12.8. The van der Waals surface area contributed by atoms with Crippen LogP contribution in [0.15, 0.2) is 54.1 Å². The molecule has 1 amide bonds. The minimum Gasteiger partial charge on any atom is -0.507 e. The summed E-state index contributed by atoms with van der Waals surface area (Å²) in [5.41, 5.74) is 0.739. The molecular weight excluding hydrogens is 482 g/mol. The molecule has 0 aliphatic carbocycles. The summed E-state index contributed by atoms with van der Waals surface area (Å²) in [6.45, 7) is 1.38. The van der Waals surface area contributed by atoms with Gasteiger partial charge in [0.15, 0.2) is 0 Å². The first-order valence-electron chi connectivity index (χ1n) is 11.9. The van der Waals surface area contributed by atoms with Crippen molar-refractivity contribution >= 4 is 35.3 Å². The molecule has 0 radical (unpaired) electrons. The van der Waals surface area contributed by atoms with E-state index >= 15 is 0 Å². The van der Waals surface area contributed by atoms with Crippen molar-refractivity contribution in [2.75, 3.05) is 0 Å². The number of benzene rings is 1. The maximum absolute atomic E-state index is 13.0. The van der Waals surface area contributed by atoms with Gasteiger partial charge in [-0.2, -0.15) is 0 Å². The Labute approximate surface area is 213 Å². The van der Waals surface area contributed by atoms with E-state index in [-0.39, 0.29) is 41.5 Å². The van der Waals surface area contributed by atoms with Gasteiger partial charge in [0, 0.05) is 49.8 Å². The Balaban J connectivity index is 1.47. The normalized spacial score (nSPS) is 24.2. The van der Waals surface area contributed by atoms with Crippen LogP contribution in [0, 0.1) is 0 Å². The predicted molar refractivity (Wildman–Crippen MR) is 134 cm³/mol. The molecule has 36 heavy (non-hydrogen) atoms. The number of nitrogens with one attached hydrogen (secondary N) is 1. The van der Waals surface area contributed by atoms with E-state index in [0.717, 1.165) is 4.88 Å². The van der Waals surface area contributed by atoms with E-state index in [2.05, 4.69) is 5.32 Å². The Morgan fingerprint density at radius 2 is 2.03 bits per heavy atom. The summed E-state index contributed by atoms with van der Waals surface area (Å²) >= 11 is 1.54. The molecule has 9 heteroatoms. The number of fused-ring (bicyclic) bond motifs is 3. The fraction of sp³-hybridized carbons (Fsp3) is 0.370. The van der Waals surface area contributed by atoms with E-state index in [0.29, 0.717) is 37.7 Å². The van der Waals surface area contributed by atoms with Crippen LogP contribution < -0.4 is 5.32 Å². The van der Waals surface area contributed by atoms with E-state index in [4.69, 9.17) is 14.2 Å². The van der Waals surface area contributed by atoms with Crippen LogP contribution in [-0.2, 0) is 30.2 Å². The first-order chi connectivity index (χ1) is 17.4. The summed E-state index contributed by atoms with van der Waals surface area (Å²) in [5, 5.41) is 15.0. The number of carbonyl (C=O) groups is 3.